The van der Waals surface area contributed by atoms with E-state index < -0.39 is 0 Å². The average molecular weight is 262 g/mol. The molecule has 1 heterocycles. The fourth-order valence-electron chi connectivity index (χ4n) is 2.09. The highest BCUT2D eigenvalue weighted by Crippen LogP contribution is 2.21. The van der Waals surface area contributed by atoms with Crippen LogP contribution in [0.4, 0.5) is 4.79 Å². The molecule has 1 N–H and O–H groups in total. The lowest BCUT2D eigenvalue weighted by atomic mass is 10.1. The number of urea groups is 1. The molecule has 1 aromatic carbocycles. The summed E-state index contributed by atoms with van der Waals surface area (Å²) in [6.45, 7) is 3.69. The van der Waals surface area contributed by atoms with Crippen LogP contribution in [0.1, 0.15) is 24.5 Å². The SMILES string of the molecule is CCOC(=O)CCNC(=O)N1Cc2ccccc2C1. The number of ether oxygens (including phenoxy) is 1. The van der Waals surface area contributed by atoms with Gasteiger partial charge in [0.25, 0.3) is 0 Å². The van der Waals surface area contributed by atoms with Crippen molar-refractivity contribution < 1.29 is 14.3 Å². The van der Waals surface area contributed by atoms with E-state index in [4.69, 9.17) is 4.74 Å². The summed E-state index contributed by atoms with van der Waals surface area (Å²) >= 11 is 0. The molecular weight excluding hydrogens is 244 g/mol. The van der Waals surface area contributed by atoms with Crippen LogP contribution in [0, 0.1) is 0 Å². The summed E-state index contributed by atoms with van der Waals surface area (Å²) in [5, 5.41) is 2.73. The molecular formula is C14H18N2O3. The first-order valence-electron chi connectivity index (χ1n) is 6.46. The van der Waals surface area contributed by atoms with Gasteiger partial charge >= 0.3 is 12.0 Å². The number of amides is 2. The average Bonchev–Trinajstić information content (AvgIpc) is 2.82. The summed E-state index contributed by atoms with van der Waals surface area (Å²) in [5.41, 5.74) is 2.37. The van der Waals surface area contributed by atoms with Crippen molar-refractivity contribution in [3.8, 4) is 0 Å². The van der Waals surface area contributed by atoms with E-state index in [9.17, 15) is 9.59 Å². The van der Waals surface area contributed by atoms with E-state index in [0.717, 1.165) is 0 Å². The standard InChI is InChI=1S/C14H18N2O3/c1-2-19-13(17)7-8-15-14(18)16-9-11-5-3-4-6-12(11)10-16/h3-6H,2,7-10H2,1H3,(H,15,18). The van der Waals surface area contributed by atoms with E-state index in [-0.39, 0.29) is 18.4 Å². The van der Waals surface area contributed by atoms with E-state index >= 15 is 0 Å². The van der Waals surface area contributed by atoms with Crippen molar-refractivity contribution in [2.45, 2.75) is 26.4 Å². The molecule has 0 spiro atoms. The first kappa shape index (κ1) is 13.4. The molecule has 2 rings (SSSR count). The van der Waals surface area contributed by atoms with E-state index in [2.05, 4.69) is 5.32 Å². The maximum absolute atomic E-state index is 11.9. The van der Waals surface area contributed by atoms with Crippen LogP contribution >= 0.6 is 0 Å². The summed E-state index contributed by atoms with van der Waals surface area (Å²) in [4.78, 5) is 24.8. The number of hydrogen-bond acceptors (Lipinski definition) is 3. The fourth-order valence-corrected chi connectivity index (χ4v) is 2.09. The molecule has 0 fully saturated rings. The Bertz CT molecular complexity index is 449. The number of nitrogens with one attached hydrogen (secondary N) is 1. The van der Waals surface area contributed by atoms with E-state index in [0.29, 0.717) is 26.2 Å². The van der Waals surface area contributed by atoms with Crippen molar-refractivity contribution in [2.75, 3.05) is 13.2 Å². The van der Waals surface area contributed by atoms with Gasteiger partial charge in [-0.1, -0.05) is 24.3 Å². The number of benzene rings is 1. The third-order valence-electron chi connectivity index (χ3n) is 3.04. The van der Waals surface area contributed by atoms with Crippen LogP contribution in [0.5, 0.6) is 0 Å². The van der Waals surface area contributed by atoms with E-state index in [1.165, 1.54) is 11.1 Å². The lowest BCUT2D eigenvalue weighted by Crippen LogP contribution is -2.37. The van der Waals surface area contributed by atoms with Gasteiger partial charge in [-0.15, -0.1) is 0 Å². The maximum Gasteiger partial charge on any atom is 0.318 e. The van der Waals surface area contributed by atoms with Gasteiger partial charge in [0.05, 0.1) is 13.0 Å². The van der Waals surface area contributed by atoms with Crippen molar-refractivity contribution in [1.82, 2.24) is 10.2 Å². The van der Waals surface area contributed by atoms with Crippen LogP contribution in [0.15, 0.2) is 24.3 Å². The van der Waals surface area contributed by atoms with Crippen molar-refractivity contribution >= 4 is 12.0 Å². The first-order chi connectivity index (χ1) is 9.20. The van der Waals surface area contributed by atoms with Gasteiger partial charge in [0.2, 0.25) is 0 Å². The van der Waals surface area contributed by atoms with Crippen molar-refractivity contribution in [3.05, 3.63) is 35.4 Å². The second kappa shape index (κ2) is 6.22. The fraction of sp³-hybridized carbons (Fsp3) is 0.429. The minimum atomic E-state index is -0.285. The summed E-state index contributed by atoms with van der Waals surface area (Å²) in [6.07, 6.45) is 0.209. The number of carbonyl (C=O) groups excluding carboxylic acids is 2. The molecule has 0 radical (unpaired) electrons. The molecule has 0 unspecified atom stereocenters. The molecule has 1 aliphatic rings. The lowest BCUT2D eigenvalue weighted by molar-refractivity contribution is -0.142. The predicted molar refractivity (Wildman–Crippen MR) is 70.3 cm³/mol. The zero-order chi connectivity index (χ0) is 13.7. The Morgan fingerprint density at radius 3 is 2.47 bits per heavy atom. The second-order valence-corrected chi connectivity index (χ2v) is 4.41. The van der Waals surface area contributed by atoms with Gasteiger partial charge in [-0.2, -0.15) is 0 Å². The number of fused-ring (bicyclic) bond motifs is 1. The molecule has 1 aromatic rings. The van der Waals surface area contributed by atoms with Gasteiger partial charge < -0.3 is 15.0 Å². The molecule has 0 aliphatic carbocycles. The normalized spacial score (nSPS) is 13.0. The summed E-state index contributed by atoms with van der Waals surface area (Å²) in [7, 11) is 0. The van der Waals surface area contributed by atoms with Crippen LogP contribution in [-0.2, 0) is 22.6 Å². The molecule has 0 atom stereocenters. The van der Waals surface area contributed by atoms with Gasteiger partial charge in [-0.3, -0.25) is 4.79 Å². The van der Waals surface area contributed by atoms with Gasteiger partial charge in [-0.05, 0) is 18.1 Å². The maximum atomic E-state index is 11.9. The minimum absolute atomic E-state index is 0.138. The highest BCUT2D eigenvalue weighted by molar-refractivity contribution is 5.76. The predicted octanol–water partition coefficient (Wildman–Crippen LogP) is 1.66. The second-order valence-electron chi connectivity index (χ2n) is 4.41. The Morgan fingerprint density at radius 2 is 1.89 bits per heavy atom. The van der Waals surface area contributed by atoms with Gasteiger partial charge in [-0.25, -0.2) is 4.79 Å². The van der Waals surface area contributed by atoms with Crippen LogP contribution in [0.25, 0.3) is 0 Å². The summed E-state index contributed by atoms with van der Waals surface area (Å²) < 4.78 is 4.80. The Hall–Kier alpha value is -2.04. The lowest BCUT2D eigenvalue weighted by Gasteiger charge is -2.16. The van der Waals surface area contributed by atoms with E-state index in [1.807, 2.05) is 24.3 Å². The van der Waals surface area contributed by atoms with Crippen LogP contribution in [0.3, 0.4) is 0 Å². The molecule has 1 aliphatic heterocycles. The van der Waals surface area contributed by atoms with Gasteiger partial charge in [0.1, 0.15) is 0 Å². The Morgan fingerprint density at radius 1 is 1.26 bits per heavy atom. The number of nitrogens with zero attached hydrogens (tertiary/aromatic N) is 1. The molecule has 0 aromatic heterocycles. The third kappa shape index (κ3) is 3.47. The third-order valence-corrected chi connectivity index (χ3v) is 3.04. The molecule has 0 bridgehead atoms. The Balaban J connectivity index is 1.76. The number of hydrogen-bond donors (Lipinski definition) is 1. The largest absolute Gasteiger partial charge is 0.466 e. The summed E-state index contributed by atoms with van der Waals surface area (Å²) in [5.74, 6) is -0.285. The highest BCUT2D eigenvalue weighted by Gasteiger charge is 2.22. The number of esters is 1. The van der Waals surface area contributed by atoms with Crippen LogP contribution < -0.4 is 5.32 Å². The van der Waals surface area contributed by atoms with Crippen molar-refractivity contribution in [2.24, 2.45) is 0 Å². The van der Waals surface area contributed by atoms with Crippen molar-refractivity contribution in [3.63, 3.8) is 0 Å². The quantitative estimate of drug-likeness (QED) is 0.840. The Kier molecular flexibility index (Phi) is 4.39. The summed E-state index contributed by atoms with van der Waals surface area (Å²) in [6, 6.07) is 7.87. The molecule has 19 heavy (non-hydrogen) atoms. The van der Waals surface area contributed by atoms with Gasteiger partial charge in [0.15, 0.2) is 0 Å². The molecule has 102 valence electrons. The Labute approximate surface area is 112 Å². The minimum Gasteiger partial charge on any atom is -0.466 e. The van der Waals surface area contributed by atoms with E-state index in [1.54, 1.807) is 11.8 Å². The smallest absolute Gasteiger partial charge is 0.318 e. The molecule has 0 saturated carbocycles. The number of rotatable bonds is 4. The number of carbonyl (C=O) groups is 2. The molecule has 5 nitrogen and oxygen atoms in total. The molecule has 0 saturated heterocycles. The zero-order valence-corrected chi connectivity index (χ0v) is 11.0. The van der Waals surface area contributed by atoms with Crippen LogP contribution in [-0.4, -0.2) is 30.1 Å². The van der Waals surface area contributed by atoms with Gasteiger partial charge in [0, 0.05) is 19.6 Å². The topological polar surface area (TPSA) is 58.6 Å². The molecule has 2 amide bonds. The monoisotopic (exact) mass is 262 g/mol. The van der Waals surface area contributed by atoms with Crippen LogP contribution in [0.2, 0.25) is 0 Å². The highest BCUT2D eigenvalue weighted by atomic mass is 16.5. The zero-order valence-electron chi connectivity index (χ0n) is 11.0. The van der Waals surface area contributed by atoms with Crippen molar-refractivity contribution in [1.29, 1.82) is 0 Å². The molecule has 5 heteroatoms. The first-order valence-corrected chi connectivity index (χ1v) is 6.46.